The van der Waals surface area contributed by atoms with Crippen molar-refractivity contribution in [2.24, 2.45) is 5.14 Å². The molecule has 29 heavy (non-hydrogen) atoms. The molecule has 1 amide bonds. The van der Waals surface area contributed by atoms with E-state index in [4.69, 9.17) is 9.88 Å². The smallest absolute Gasteiger partial charge is 0.241 e. The lowest BCUT2D eigenvalue weighted by molar-refractivity contribution is -0.120. The number of ether oxygens (including phenoxy) is 1. The number of sulfonamides is 1. The van der Waals surface area contributed by atoms with E-state index in [0.29, 0.717) is 5.69 Å². The lowest BCUT2D eigenvalue weighted by Crippen LogP contribution is -2.52. The number of hydrogen-bond donors (Lipinski definition) is 2. The Labute approximate surface area is 171 Å². The number of carbonyl (C=O) groups is 1. The van der Waals surface area contributed by atoms with Gasteiger partial charge in [-0.15, -0.1) is 0 Å². The largest absolute Gasteiger partial charge is 0.495 e. The molecule has 1 saturated heterocycles. The summed E-state index contributed by atoms with van der Waals surface area (Å²) in [5.41, 5.74) is 1.45. The van der Waals surface area contributed by atoms with Crippen LogP contribution in [0.25, 0.3) is 0 Å². The van der Waals surface area contributed by atoms with Crippen LogP contribution >= 0.6 is 0 Å². The maximum Gasteiger partial charge on any atom is 0.241 e. The van der Waals surface area contributed by atoms with Crippen molar-refractivity contribution in [2.75, 3.05) is 43.5 Å². The number of hydrogen-bond acceptors (Lipinski definition) is 6. The first-order valence-electron chi connectivity index (χ1n) is 9.35. The molecule has 3 N–H and O–H groups in total. The molecule has 156 valence electrons. The fourth-order valence-corrected chi connectivity index (χ4v) is 3.96. The molecule has 3 rings (SSSR count). The lowest BCUT2D eigenvalue weighted by atomic mass is 10.2. The Morgan fingerprint density at radius 2 is 1.79 bits per heavy atom. The van der Waals surface area contributed by atoms with Crippen LogP contribution in [-0.4, -0.2) is 58.6 Å². The number of benzene rings is 2. The molecule has 0 spiro atoms. The summed E-state index contributed by atoms with van der Waals surface area (Å²) in [5.74, 6) is 0.642. The molecule has 1 heterocycles. The highest BCUT2D eigenvalue weighted by atomic mass is 32.2. The average Bonchev–Trinajstić information content (AvgIpc) is 2.73. The molecule has 8 nitrogen and oxygen atoms in total. The Morgan fingerprint density at radius 3 is 2.45 bits per heavy atom. The van der Waals surface area contributed by atoms with Crippen molar-refractivity contribution in [1.82, 2.24) is 4.90 Å². The van der Waals surface area contributed by atoms with E-state index in [9.17, 15) is 13.2 Å². The lowest BCUT2D eigenvalue weighted by Gasteiger charge is -2.38. The van der Waals surface area contributed by atoms with Crippen LogP contribution < -0.4 is 20.1 Å². The van der Waals surface area contributed by atoms with Crippen molar-refractivity contribution < 1.29 is 17.9 Å². The molecule has 2 aromatic carbocycles. The normalized spacial score (nSPS) is 16.3. The summed E-state index contributed by atoms with van der Waals surface area (Å²) in [4.78, 5) is 17.0. The first-order chi connectivity index (χ1) is 13.8. The number of anilines is 2. The van der Waals surface area contributed by atoms with Gasteiger partial charge >= 0.3 is 0 Å². The molecule has 0 unspecified atom stereocenters. The van der Waals surface area contributed by atoms with Gasteiger partial charge in [0.25, 0.3) is 0 Å². The van der Waals surface area contributed by atoms with Gasteiger partial charge in [-0.05, 0) is 37.3 Å². The summed E-state index contributed by atoms with van der Waals surface area (Å²) in [5, 5.41) is 7.93. The summed E-state index contributed by atoms with van der Waals surface area (Å²) >= 11 is 0. The molecule has 0 radical (unpaired) electrons. The van der Waals surface area contributed by atoms with E-state index >= 15 is 0 Å². The van der Waals surface area contributed by atoms with E-state index in [1.165, 1.54) is 12.1 Å². The second-order valence-corrected chi connectivity index (χ2v) is 8.49. The Bertz CT molecular complexity index is 972. The van der Waals surface area contributed by atoms with Crippen molar-refractivity contribution in [3.05, 3.63) is 48.5 Å². The second kappa shape index (κ2) is 8.81. The predicted molar refractivity (Wildman–Crippen MR) is 113 cm³/mol. The van der Waals surface area contributed by atoms with Crippen molar-refractivity contribution in [1.29, 1.82) is 0 Å². The fraction of sp³-hybridized carbons (Fsp3) is 0.350. The Kier molecular flexibility index (Phi) is 6.41. The number of carbonyl (C=O) groups excluding carboxylic acids is 1. The zero-order valence-corrected chi connectivity index (χ0v) is 17.4. The third kappa shape index (κ3) is 5.06. The van der Waals surface area contributed by atoms with Gasteiger partial charge in [0.05, 0.1) is 23.7 Å². The van der Waals surface area contributed by atoms with E-state index in [1.54, 1.807) is 19.2 Å². The van der Waals surface area contributed by atoms with Gasteiger partial charge in [-0.2, -0.15) is 0 Å². The van der Waals surface area contributed by atoms with Gasteiger partial charge in [0, 0.05) is 31.9 Å². The van der Waals surface area contributed by atoms with Gasteiger partial charge in [-0.25, -0.2) is 13.6 Å². The Hall–Kier alpha value is -2.62. The number of nitrogens with zero attached hydrogens (tertiary/aromatic N) is 2. The van der Waals surface area contributed by atoms with Crippen molar-refractivity contribution in [3.8, 4) is 5.75 Å². The van der Waals surface area contributed by atoms with Crippen molar-refractivity contribution in [3.63, 3.8) is 0 Å². The first-order valence-corrected chi connectivity index (χ1v) is 10.9. The minimum atomic E-state index is -3.82. The highest BCUT2D eigenvalue weighted by molar-refractivity contribution is 7.89. The molecule has 9 heteroatoms. The van der Waals surface area contributed by atoms with Gasteiger partial charge in [-0.1, -0.05) is 18.2 Å². The average molecular weight is 419 g/mol. The van der Waals surface area contributed by atoms with Crippen LogP contribution in [0.5, 0.6) is 5.75 Å². The number of primary sulfonamides is 1. The van der Waals surface area contributed by atoms with Crippen LogP contribution in [0.2, 0.25) is 0 Å². The number of rotatable bonds is 6. The number of amides is 1. The minimum Gasteiger partial charge on any atom is -0.495 e. The monoisotopic (exact) mass is 418 g/mol. The fourth-order valence-electron chi connectivity index (χ4n) is 3.40. The Morgan fingerprint density at radius 1 is 1.10 bits per heavy atom. The van der Waals surface area contributed by atoms with Crippen LogP contribution in [0.1, 0.15) is 6.92 Å². The molecule has 1 fully saturated rings. The van der Waals surface area contributed by atoms with Gasteiger partial charge in [0.2, 0.25) is 15.9 Å². The SMILES string of the molecule is COc1ccccc1N1CCN([C@H](C)C(=O)Nc2cccc(S(N)(=O)=O)c2)CC1. The van der Waals surface area contributed by atoms with Crippen LogP contribution in [0.15, 0.2) is 53.4 Å². The standard InChI is InChI=1S/C20H26N4O4S/c1-15(20(25)22-16-6-5-7-17(14-16)29(21,26)27)23-10-12-24(13-11-23)18-8-3-4-9-19(18)28-2/h3-9,14-15H,10-13H2,1-2H3,(H,22,25)(H2,21,26,27)/t15-/m1/s1. The molecule has 1 aliphatic rings. The van der Waals surface area contributed by atoms with Crippen LogP contribution in [-0.2, 0) is 14.8 Å². The zero-order chi connectivity index (χ0) is 21.0. The van der Waals surface area contributed by atoms with Crippen molar-refractivity contribution >= 4 is 27.3 Å². The summed E-state index contributed by atoms with van der Waals surface area (Å²) in [6, 6.07) is 13.5. The number of methoxy groups -OCH3 is 1. The summed E-state index contributed by atoms with van der Waals surface area (Å²) in [6.07, 6.45) is 0. The molecular weight excluding hydrogens is 392 g/mol. The number of nitrogens with two attached hydrogens (primary N) is 1. The van der Waals surface area contributed by atoms with Crippen molar-refractivity contribution in [2.45, 2.75) is 17.9 Å². The topological polar surface area (TPSA) is 105 Å². The van der Waals surface area contributed by atoms with Gasteiger partial charge in [0.1, 0.15) is 5.75 Å². The van der Waals surface area contributed by atoms with E-state index in [0.717, 1.165) is 37.6 Å². The molecule has 1 atom stereocenters. The highest BCUT2D eigenvalue weighted by Crippen LogP contribution is 2.28. The van der Waals surface area contributed by atoms with E-state index < -0.39 is 10.0 Å². The predicted octanol–water partition coefficient (Wildman–Crippen LogP) is 1.49. The van der Waals surface area contributed by atoms with E-state index in [2.05, 4.69) is 15.1 Å². The molecule has 0 saturated carbocycles. The molecule has 0 aliphatic carbocycles. The number of piperazine rings is 1. The van der Waals surface area contributed by atoms with Gasteiger partial charge in [0.15, 0.2) is 0 Å². The van der Waals surface area contributed by atoms with Crippen LogP contribution in [0.4, 0.5) is 11.4 Å². The summed E-state index contributed by atoms with van der Waals surface area (Å²) in [6.45, 7) is 4.85. The zero-order valence-electron chi connectivity index (χ0n) is 16.5. The number of nitrogens with one attached hydrogen (secondary N) is 1. The minimum absolute atomic E-state index is 0.0339. The molecule has 1 aliphatic heterocycles. The molecular formula is C20H26N4O4S. The van der Waals surface area contributed by atoms with Crippen LogP contribution in [0, 0.1) is 0 Å². The quantitative estimate of drug-likeness (QED) is 0.737. The maximum atomic E-state index is 12.7. The third-order valence-corrected chi connectivity index (χ3v) is 6.01. The third-order valence-electron chi connectivity index (χ3n) is 5.10. The number of para-hydroxylation sites is 2. The Balaban J connectivity index is 1.60. The van der Waals surface area contributed by atoms with Gasteiger partial charge in [-0.3, -0.25) is 9.69 Å². The maximum absolute atomic E-state index is 12.7. The highest BCUT2D eigenvalue weighted by Gasteiger charge is 2.26. The second-order valence-electron chi connectivity index (χ2n) is 6.93. The van der Waals surface area contributed by atoms with E-state index in [1.807, 2.05) is 31.2 Å². The summed E-state index contributed by atoms with van der Waals surface area (Å²) in [7, 11) is -2.16. The van der Waals surface area contributed by atoms with Crippen LogP contribution in [0.3, 0.4) is 0 Å². The first kappa shape index (κ1) is 21.1. The molecule has 2 aromatic rings. The summed E-state index contributed by atoms with van der Waals surface area (Å²) < 4.78 is 28.4. The van der Waals surface area contributed by atoms with Gasteiger partial charge < -0.3 is 15.0 Å². The molecule has 0 aromatic heterocycles. The van der Waals surface area contributed by atoms with E-state index in [-0.39, 0.29) is 16.8 Å². The molecule has 0 bridgehead atoms.